The van der Waals surface area contributed by atoms with Crippen molar-refractivity contribution in [2.75, 3.05) is 18.6 Å². The fourth-order valence-electron chi connectivity index (χ4n) is 4.95. The Bertz CT molecular complexity index is 1590. The zero-order valence-electron chi connectivity index (χ0n) is 22.5. The number of hydrogen-bond donors (Lipinski definition) is 0. The van der Waals surface area contributed by atoms with Gasteiger partial charge in [0, 0.05) is 5.69 Å². The number of hydrogen-bond acceptors (Lipinski definition) is 6. The Labute approximate surface area is 222 Å². The van der Waals surface area contributed by atoms with E-state index in [0.29, 0.717) is 46.0 Å². The number of anilines is 1. The molecule has 1 aliphatic rings. The lowest BCUT2D eigenvalue weighted by Gasteiger charge is -2.25. The van der Waals surface area contributed by atoms with Crippen LogP contribution in [-0.2, 0) is 0 Å². The average Bonchev–Trinajstić information content (AvgIpc) is 3.20. The monoisotopic (exact) mass is 512 g/mol. The Morgan fingerprint density at radius 1 is 0.974 bits per heavy atom. The number of carbonyl (C=O) groups excluding carboxylic acids is 1. The first-order chi connectivity index (χ1) is 18.3. The summed E-state index contributed by atoms with van der Waals surface area (Å²) in [6.45, 7) is 8.50. The second kappa shape index (κ2) is 10.3. The number of unbranched alkanes of at least 4 members (excludes halogenated alkanes) is 2. The molecule has 5 rings (SSSR count). The average molecular weight is 513 g/mol. The zero-order valence-corrected chi connectivity index (χ0v) is 22.5. The first-order valence-corrected chi connectivity index (χ1v) is 13.0. The number of fused-ring (bicyclic) bond motifs is 2. The van der Waals surface area contributed by atoms with Crippen LogP contribution in [0.2, 0.25) is 0 Å². The molecule has 1 unspecified atom stereocenters. The summed E-state index contributed by atoms with van der Waals surface area (Å²) in [5.74, 6) is 1.24. The van der Waals surface area contributed by atoms with E-state index in [1.807, 2.05) is 63.2 Å². The minimum Gasteiger partial charge on any atom is -0.493 e. The van der Waals surface area contributed by atoms with E-state index < -0.39 is 11.9 Å². The third kappa shape index (κ3) is 4.42. The molecule has 0 saturated carbocycles. The molecule has 1 amide bonds. The molecule has 7 heteroatoms. The normalized spacial score (nSPS) is 14.7. The number of amides is 1. The van der Waals surface area contributed by atoms with Crippen LogP contribution in [0.5, 0.6) is 11.5 Å². The summed E-state index contributed by atoms with van der Waals surface area (Å²) in [5, 5.41) is 0.451. The highest BCUT2D eigenvalue weighted by Gasteiger charge is 2.44. The number of pyridine rings is 1. The van der Waals surface area contributed by atoms with Crippen LogP contribution in [0.4, 0.5) is 5.82 Å². The Hall–Kier alpha value is -4.13. The maximum absolute atomic E-state index is 14.0. The maximum Gasteiger partial charge on any atom is 0.296 e. The predicted octanol–water partition coefficient (Wildman–Crippen LogP) is 6.44. The first-order valence-electron chi connectivity index (χ1n) is 13.0. The van der Waals surface area contributed by atoms with Gasteiger partial charge in [-0.05, 0) is 80.3 Å². The first kappa shape index (κ1) is 25.5. The molecule has 196 valence electrons. The van der Waals surface area contributed by atoms with E-state index in [-0.39, 0.29) is 11.2 Å². The van der Waals surface area contributed by atoms with Crippen molar-refractivity contribution in [2.24, 2.45) is 0 Å². The summed E-state index contributed by atoms with van der Waals surface area (Å²) in [6, 6.07) is 13.9. The molecule has 0 saturated heterocycles. The minimum absolute atomic E-state index is 0.0397. The third-order valence-electron chi connectivity index (χ3n) is 7.12. The smallest absolute Gasteiger partial charge is 0.296 e. The second-order valence-electron chi connectivity index (χ2n) is 9.79. The Morgan fingerprint density at radius 3 is 2.50 bits per heavy atom. The van der Waals surface area contributed by atoms with Gasteiger partial charge in [0.15, 0.2) is 16.9 Å². The Balaban J connectivity index is 1.69. The molecule has 2 aromatic carbocycles. The number of rotatable bonds is 8. The molecule has 0 aliphatic carbocycles. The molecule has 7 nitrogen and oxygen atoms in total. The predicted molar refractivity (Wildman–Crippen MR) is 148 cm³/mol. The van der Waals surface area contributed by atoms with Crippen molar-refractivity contribution in [3.8, 4) is 11.5 Å². The third-order valence-corrected chi connectivity index (χ3v) is 7.12. The molecule has 0 N–H and O–H groups in total. The quantitative estimate of drug-likeness (QED) is 0.253. The summed E-state index contributed by atoms with van der Waals surface area (Å²) in [5.41, 5.74) is 3.90. The highest BCUT2D eigenvalue weighted by atomic mass is 16.5. The number of aryl methyl sites for hydroxylation is 3. The van der Waals surface area contributed by atoms with Crippen molar-refractivity contribution in [3.63, 3.8) is 0 Å². The summed E-state index contributed by atoms with van der Waals surface area (Å²) in [6.07, 6.45) is 3.14. The van der Waals surface area contributed by atoms with Crippen LogP contribution in [-0.4, -0.2) is 24.6 Å². The molecule has 0 bridgehead atoms. The number of benzene rings is 2. The van der Waals surface area contributed by atoms with E-state index in [0.717, 1.165) is 36.1 Å². The van der Waals surface area contributed by atoms with Crippen molar-refractivity contribution >= 4 is 22.7 Å². The van der Waals surface area contributed by atoms with Crippen LogP contribution >= 0.6 is 0 Å². The zero-order chi connectivity index (χ0) is 27.0. The van der Waals surface area contributed by atoms with E-state index in [9.17, 15) is 9.59 Å². The van der Waals surface area contributed by atoms with Gasteiger partial charge in [-0.3, -0.25) is 14.5 Å². The van der Waals surface area contributed by atoms with Crippen LogP contribution < -0.4 is 19.8 Å². The van der Waals surface area contributed by atoms with Gasteiger partial charge in [-0.2, -0.15) is 0 Å². The lowest BCUT2D eigenvalue weighted by molar-refractivity contribution is 0.0970. The summed E-state index contributed by atoms with van der Waals surface area (Å²) in [7, 11) is 1.58. The minimum atomic E-state index is -0.739. The largest absolute Gasteiger partial charge is 0.493 e. The van der Waals surface area contributed by atoms with Crippen LogP contribution in [0.3, 0.4) is 0 Å². The molecule has 0 spiro atoms. The number of carbonyl (C=O) groups is 1. The van der Waals surface area contributed by atoms with Gasteiger partial charge >= 0.3 is 0 Å². The summed E-state index contributed by atoms with van der Waals surface area (Å²) in [4.78, 5) is 34.0. The maximum atomic E-state index is 14.0. The van der Waals surface area contributed by atoms with E-state index in [4.69, 9.17) is 13.9 Å². The van der Waals surface area contributed by atoms with Gasteiger partial charge in [-0.25, -0.2) is 4.98 Å². The second-order valence-corrected chi connectivity index (χ2v) is 9.79. The Kier molecular flexibility index (Phi) is 6.93. The van der Waals surface area contributed by atoms with Gasteiger partial charge < -0.3 is 13.9 Å². The molecule has 0 fully saturated rings. The fraction of sp³-hybridized carbons (Fsp3) is 0.323. The summed E-state index contributed by atoms with van der Waals surface area (Å²) >= 11 is 0. The fourth-order valence-corrected chi connectivity index (χ4v) is 4.95. The molecule has 1 aliphatic heterocycles. The molecule has 1 atom stereocenters. The molecule has 38 heavy (non-hydrogen) atoms. The van der Waals surface area contributed by atoms with Crippen LogP contribution in [0.15, 0.2) is 57.7 Å². The van der Waals surface area contributed by atoms with Crippen LogP contribution in [0.25, 0.3) is 11.0 Å². The van der Waals surface area contributed by atoms with E-state index in [1.165, 1.54) is 4.90 Å². The van der Waals surface area contributed by atoms with Crippen LogP contribution in [0, 0.1) is 20.8 Å². The van der Waals surface area contributed by atoms with Gasteiger partial charge in [-0.1, -0.05) is 31.9 Å². The number of nitrogens with zero attached hydrogens (tertiary/aromatic N) is 2. The van der Waals surface area contributed by atoms with Gasteiger partial charge in [0.25, 0.3) is 5.91 Å². The molecular weight excluding hydrogens is 480 g/mol. The molecule has 4 aromatic rings. The van der Waals surface area contributed by atoms with Crippen molar-refractivity contribution in [1.29, 1.82) is 0 Å². The topological polar surface area (TPSA) is 81.9 Å². The standard InChI is InChI=1S/C31H32N2O5/c1-6-7-8-14-37-23-13-12-21(17-25(23)36-5)28-27-29(34)22-15-18(2)19(3)16-24(22)38-30(27)31(35)33(28)26-11-9-10-20(4)32-26/h9-13,15-17,28H,6-8,14H2,1-5H3. The molecular formula is C31H32N2O5. The van der Waals surface area contributed by atoms with Crippen LogP contribution in [0.1, 0.15) is 70.7 Å². The van der Waals surface area contributed by atoms with Gasteiger partial charge in [-0.15, -0.1) is 0 Å². The van der Waals surface area contributed by atoms with Crippen molar-refractivity contribution in [3.05, 3.63) is 92.5 Å². The lowest BCUT2D eigenvalue weighted by atomic mass is 9.97. The number of ether oxygens (including phenoxy) is 2. The van der Waals surface area contributed by atoms with Gasteiger partial charge in [0.2, 0.25) is 5.76 Å². The summed E-state index contributed by atoms with van der Waals surface area (Å²) < 4.78 is 17.8. The molecule has 0 radical (unpaired) electrons. The Morgan fingerprint density at radius 2 is 1.76 bits per heavy atom. The SMILES string of the molecule is CCCCCOc1ccc(C2c3c(oc4cc(C)c(C)cc4c3=O)C(=O)N2c2cccc(C)n2)cc1OC. The lowest BCUT2D eigenvalue weighted by Crippen LogP contribution is -2.30. The van der Waals surface area contributed by atoms with Gasteiger partial charge in [0.1, 0.15) is 11.4 Å². The van der Waals surface area contributed by atoms with Crippen molar-refractivity contribution < 1.29 is 18.7 Å². The van der Waals surface area contributed by atoms with E-state index in [2.05, 4.69) is 11.9 Å². The van der Waals surface area contributed by atoms with E-state index >= 15 is 0 Å². The van der Waals surface area contributed by atoms with Gasteiger partial charge in [0.05, 0.1) is 30.7 Å². The number of methoxy groups -OCH3 is 1. The highest BCUT2D eigenvalue weighted by Crippen LogP contribution is 2.43. The highest BCUT2D eigenvalue weighted by molar-refractivity contribution is 6.10. The molecule has 2 aromatic heterocycles. The molecule has 3 heterocycles. The van der Waals surface area contributed by atoms with E-state index in [1.54, 1.807) is 13.2 Å². The van der Waals surface area contributed by atoms with Crippen molar-refractivity contribution in [2.45, 2.75) is 53.0 Å². The number of aromatic nitrogens is 1. The van der Waals surface area contributed by atoms with Crippen molar-refractivity contribution in [1.82, 2.24) is 4.98 Å².